The molecule has 2 aromatic rings. The molecule has 0 unspecified atom stereocenters. The van der Waals surface area contributed by atoms with Gasteiger partial charge in [-0.2, -0.15) is 10.2 Å². The minimum absolute atomic E-state index is 0.147. The Morgan fingerprint density at radius 3 is 2.17 bits per heavy atom. The first kappa shape index (κ1) is 23.2. The van der Waals surface area contributed by atoms with Gasteiger partial charge in [0.05, 0.1) is 36.9 Å². The van der Waals surface area contributed by atoms with Crippen LogP contribution in [0.1, 0.15) is 20.3 Å². The topological polar surface area (TPSA) is 115 Å². The number of azo groups is 1. The number of nitrogens with two attached hydrogens (primary N) is 1. The fraction of sp³-hybridized carbons (Fsp3) is 0.364. The molecule has 1 amide bonds. The number of carboxylic acids is 1. The first-order chi connectivity index (χ1) is 14.5. The van der Waals surface area contributed by atoms with Crippen LogP contribution >= 0.6 is 0 Å². The molecule has 160 valence electrons. The number of nitrogens with zero attached hydrogens (tertiary/aromatic N) is 2. The molecule has 0 bridgehead atoms. The molecule has 2 rings (SSSR count). The van der Waals surface area contributed by atoms with Crippen LogP contribution in [-0.4, -0.2) is 44.1 Å². The molecule has 0 saturated heterocycles. The zero-order valence-electron chi connectivity index (χ0n) is 17.5. The molecule has 0 aromatic heterocycles. The van der Waals surface area contributed by atoms with Crippen molar-refractivity contribution >= 4 is 28.9 Å². The van der Waals surface area contributed by atoms with E-state index in [9.17, 15) is 14.7 Å². The number of aliphatic carboxylic acids is 1. The molecule has 30 heavy (non-hydrogen) atoms. The van der Waals surface area contributed by atoms with Gasteiger partial charge in [-0.1, -0.05) is 18.2 Å². The van der Waals surface area contributed by atoms with E-state index in [0.717, 1.165) is 25.3 Å². The number of quaternary nitrogens is 2. The highest BCUT2D eigenvalue weighted by Gasteiger charge is 2.19. The van der Waals surface area contributed by atoms with Crippen LogP contribution in [0.2, 0.25) is 0 Å². The average Bonchev–Trinajstić information content (AvgIpc) is 2.76. The predicted molar refractivity (Wildman–Crippen MR) is 113 cm³/mol. The predicted octanol–water partition coefficient (Wildman–Crippen LogP) is 0.0372. The fourth-order valence-electron chi connectivity index (χ4n) is 2.99. The number of carboxylic acid groups (broad SMARTS) is 1. The van der Waals surface area contributed by atoms with Gasteiger partial charge in [0, 0.05) is 5.69 Å². The van der Waals surface area contributed by atoms with Crippen LogP contribution < -0.4 is 20.6 Å². The lowest BCUT2D eigenvalue weighted by Gasteiger charge is -2.19. The summed E-state index contributed by atoms with van der Waals surface area (Å²) in [7, 11) is 0. The van der Waals surface area contributed by atoms with Gasteiger partial charge in [0.2, 0.25) is 5.91 Å². The van der Waals surface area contributed by atoms with Crippen molar-refractivity contribution in [2.45, 2.75) is 26.3 Å². The van der Waals surface area contributed by atoms with Gasteiger partial charge < -0.3 is 25.4 Å². The summed E-state index contributed by atoms with van der Waals surface area (Å²) < 4.78 is 0. The Morgan fingerprint density at radius 2 is 1.60 bits per heavy atom. The maximum absolute atomic E-state index is 12.3. The smallest absolute Gasteiger partial charge is 0.230 e. The minimum atomic E-state index is -1.23. The van der Waals surface area contributed by atoms with Crippen LogP contribution in [-0.2, 0) is 9.59 Å². The largest absolute Gasteiger partial charge is 0.544 e. The molecule has 0 aliphatic rings. The van der Waals surface area contributed by atoms with Crippen molar-refractivity contribution in [1.82, 2.24) is 0 Å². The van der Waals surface area contributed by atoms with Crippen molar-refractivity contribution in [3.8, 4) is 0 Å². The van der Waals surface area contributed by atoms with Crippen molar-refractivity contribution < 1.29 is 24.9 Å². The first-order valence-corrected chi connectivity index (χ1v) is 10.3. The second-order valence-corrected chi connectivity index (χ2v) is 6.99. The van der Waals surface area contributed by atoms with E-state index in [1.165, 1.54) is 4.90 Å². The molecule has 2 aromatic carbocycles. The zero-order chi connectivity index (χ0) is 21.8. The molecule has 0 heterocycles. The summed E-state index contributed by atoms with van der Waals surface area (Å²) in [6.45, 7) is 7.64. The molecule has 1 atom stereocenters. The van der Waals surface area contributed by atoms with Gasteiger partial charge in [-0.3, -0.25) is 4.79 Å². The van der Waals surface area contributed by atoms with Crippen LogP contribution in [0.3, 0.4) is 0 Å². The van der Waals surface area contributed by atoms with E-state index in [1.54, 1.807) is 29.6 Å². The summed E-state index contributed by atoms with van der Waals surface area (Å²) in [6, 6.07) is 15.4. The molecule has 0 radical (unpaired) electrons. The normalized spacial score (nSPS) is 12.2. The van der Waals surface area contributed by atoms with Gasteiger partial charge in [-0.25, -0.2) is 0 Å². The molecule has 8 heteroatoms. The minimum Gasteiger partial charge on any atom is -0.544 e. The van der Waals surface area contributed by atoms with E-state index in [-0.39, 0.29) is 12.3 Å². The van der Waals surface area contributed by atoms with E-state index in [0.29, 0.717) is 17.9 Å². The molecule has 4 N–H and O–H groups in total. The fourth-order valence-corrected chi connectivity index (χ4v) is 2.99. The van der Waals surface area contributed by atoms with E-state index < -0.39 is 12.0 Å². The van der Waals surface area contributed by atoms with Crippen LogP contribution in [0.5, 0.6) is 0 Å². The quantitative estimate of drug-likeness (QED) is 0.428. The molecular weight excluding hydrogens is 382 g/mol. The van der Waals surface area contributed by atoms with Gasteiger partial charge in [0.1, 0.15) is 19.1 Å². The maximum atomic E-state index is 12.3. The van der Waals surface area contributed by atoms with E-state index in [2.05, 4.69) is 29.4 Å². The van der Waals surface area contributed by atoms with Crippen molar-refractivity contribution in [1.29, 1.82) is 0 Å². The van der Waals surface area contributed by atoms with Gasteiger partial charge in [-0.15, -0.1) is 0 Å². The molecule has 0 fully saturated rings. The van der Waals surface area contributed by atoms with E-state index >= 15 is 0 Å². The van der Waals surface area contributed by atoms with Crippen molar-refractivity contribution in [3.63, 3.8) is 0 Å². The SMILES string of the molecule is CC[NH+](CC)CC[NH2+][C@H](CC(=O)Nc1ccc(N=Nc2ccccc2)cc1)C(=O)[O-]. The summed E-state index contributed by atoms with van der Waals surface area (Å²) in [4.78, 5) is 25.0. The van der Waals surface area contributed by atoms with Crippen LogP contribution in [0, 0.1) is 0 Å². The average molecular weight is 413 g/mol. The van der Waals surface area contributed by atoms with Gasteiger partial charge in [-0.05, 0) is 50.2 Å². The lowest BCUT2D eigenvalue weighted by Crippen LogP contribution is -3.14. The number of carbonyl (C=O) groups is 2. The Labute approximate surface area is 177 Å². The molecule has 8 nitrogen and oxygen atoms in total. The number of amides is 1. The van der Waals surface area contributed by atoms with Crippen molar-refractivity contribution in [2.75, 3.05) is 31.5 Å². The Bertz CT molecular complexity index is 820. The highest BCUT2D eigenvalue weighted by molar-refractivity contribution is 5.93. The summed E-state index contributed by atoms with van der Waals surface area (Å²) in [5.41, 5.74) is 1.97. The maximum Gasteiger partial charge on any atom is 0.230 e. The highest BCUT2D eigenvalue weighted by Crippen LogP contribution is 2.20. The Hall–Kier alpha value is -3.10. The molecule has 0 aliphatic heterocycles. The number of hydrogen-bond donors (Lipinski definition) is 3. The molecule has 0 spiro atoms. The Balaban J connectivity index is 1.85. The number of carbonyl (C=O) groups excluding carboxylic acids is 2. The second-order valence-electron chi connectivity index (χ2n) is 6.99. The van der Waals surface area contributed by atoms with Gasteiger partial charge in [0.15, 0.2) is 0 Å². The van der Waals surface area contributed by atoms with E-state index in [1.807, 2.05) is 30.3 Å². The van der Waals surface area contributed by atoms with Gasteiger partial charge in [0.25, 0.3) is 0 Å². The van der Waals surface area contributed by atoms with Crippen LogP contribution in [0.15, 0.2) is 64.8 Å². The number of benzene rings is 2. The third kappa shape index (κ3) is 8.10. The third-order valence-electron chi connectivity index (χ3n) is 4.85. The Morgan fingerprint density at radius 1 is 1.00 bits per heavy atom. The summed E-state index contributed by atoms with van der Waals surface area (Å²) in [5, 5.41) is 24.1. The lowest BCUT2D eigenvalue weighted by atomic mass is 10.2. The molecule has 0 saturated carbocycles. The second kappa shape index (κ2) is 12.5. The summed E-state index contributed by atoms with van der Waals surface area (Å²) >= 11 is 0. The standard InChI is InChI=1S/C22H29N5O3/c1-3-27(4-2)15-14-23-20(22(29)30)16-21(28)24-17-10-12-19(13-11-17)26-25-18-8-6-5-7-9-18/h5-13,20,23H,3-4,14-16H2,1-2H3,(H,24,28)(H,29,30)/p+1/t20-/m1/s1. The monoisotopic (exact) mass is 412 g/mol. The van der Waals surface area contributed by atoms with Crippen molar-refractivity contribution in [3.05, 3.63) is 54.6 Å². The molecule has 0 aliphatic carbocycles. The lowest BCUT2D eigenvalue weighted by molar-refractivity contribution is -0.910. The third-order valence-corrected chi connectivity index (χ3v) is 4.85. The first-order valence-electron chi connectivity index (χ1n) is 10.3. The van der Waals surface area contributed by atoms with Crippen LogP contribution in [0.25, 0.3) is 0 Å². The summed E-state index contributed by atoms with van der Waals surface area (Å²) in [6.07, 6.45) is -0.147. The number of hydrogen-bond acceptors (Lipinski definition) is 5. The number of rotatable bonds is 12. The number of anilines is 1. The van der Waals surface area contributed by atoms with Crippen molar-refractivity contribution in [2.24, 2.45) is 10.2 Å². The van der Waals surface area contributed by atoms with E-state index in [4.69, 9.17) is 0 Å². The Kier molecular flexibility index (Phi) is 9.63. The molecular formula is C22H30N5O3+. The number of likely N-dealkylation sites (N-methyl/N-ethyl adjacent to an activating group) is 1. The zero-order valence-corrected chi connectivity index (χ0v) is 17.5. The summed E-state index contributed by atoms with van der Waals surface area (Å²) in [5.74, 6) is -1.59. The van der Waals surface area contributed by atoms with Crippen LogP contribution in [0.4, 0.5) is 17.1 Å². The number of nitrogens with one attached hydrogen (secondary N) is 2. The highest BCUT2D eigenvalue weighted by atomic mass is 16.4. The van der Waals surface area contributed by atoms with Gasteiger partial charge >= 0.3 is 0 Å².